The molecule has 270 valence electrons. The third kappa shape index (κ3) is 5.00. The molecule has 0 radical (unpaired) electrons. The molecule has 0 aliphatic carbocycles. The summed E-state index contributed by atoms with van der Waals surface area (Å²) in [5.74, 6) is 0.662. The van der Waals surface area contributed by atoms with Crippen molar-refractivity contribution in [2.24, 2.45) is 0 Å². The van der Waals surface area contributed by atoms with Crippen molar-refractivity contribution >= 4 is 65.4 Å². The van der Waals surface area contributed by atoms with Crippen LogP contribution in [0.3, 0.4) is 0 Å². The lowest BCUT2D eigenvalue weighted by Gasteiger charge is -2.15. The first-order valence-corrected chi connectivity index (χ1v) is 19.5. The van der Waals surface area contributed by atoms with Crippen LogP contribution in [0, 0.1) is 0 Å². The van der Waals surface area contributed by atoms with Crippen LogP contribution in [-0.2, 0) is 0 Å². The van der Waals surface area contributed by atoms with Gasteiger partial charge in [-0.25, -0.2) is 15.0 Å². The van der Waals surface area contributed by atoms with Gasteiger partial charge in [-0.15, -0.1) is 0 Å². The van der Waals surface area contributed by atoms with Crippen LogP contribution in [0.4, 0.5) is 0 Å². The summed E-state index contributed by atoms with van der Waals surface area (Å²) in [6.45, 7) is 0. The summed E-state index contributed by atoms with van der Waals surface area (Å²) < 4.78 is 8.72. The van der Waals surface area contributed by atoms with Crippen LogP contribution in [0.2, 0.25) is 0 Å². The number of nitrogens with zero attached hydrogens (tertiary/aromatic N) is 4. The number of hydrogen-bond donors (Lipinski definition) is 0. The molecule has 0 N–H and O–H groups in total. The van der Waals surface area contributed by atoms with Gasteiger partial charge in [-0.2, -0.15) is 0 Å². The molecule has 0 amide bonds. The average Bonchev–Trinajstić information content (AvgIpc) is 3.85. The van der Waals surface area contributed by atoms with Crippen LogP contribution in [0.25, 0.3) is 116 Å². The zero-order valence-electron chi connectivity index (χ0n) is 31.2. The molecule has 5 nitrogen and oxygen atoms in total. The zero-order chi connectivity index (χ0) is 38.2. The van der Waals surface area contributed by atoms with Crippen molar-refractivity contribution in [2.45, 2.75) is 0 Å². The number of para-hydroxylation sites is 3. The zero-order valence-corrected chi connectivity index (χ0v) is 31.2. The molecule has 5 heteroatoms. The Morgan fingerprint density at radius 3 is 1.71 bits per heavy atom. The first kappa shape index (κ1) is 32.4. The van der Waals surface area contributed by atoms with Crippen molar-refractivity contribution in [3.8, 4) is 50.8 Å². The van der Waals surface area contributed by atoms with Crippen LogP contribution >= 0.6 is 0 Å². The molecule has 0 atom stereocenters. The Morgan fingerprint density at radius 1 is 0.379 bits per heavy atom. The van der Waals surface area contributed by atoms with Crippen LogP contribution in [0.5, 0.6) is 0 Å². The van der Waals surface area contributed by atoms with Gasteiger partial charge in [-0.1, -0.05) is 158 Å². The number of rotatable bonds is 5. The van der Waals surface area contributed by atoms with Crippen molar-refractivity contribution in [1.82, 2.24) is 19.5 Å². The fourth-order valence-corrected chi connectivity index (χ4v) is 8.83. The van der Waals surface area contributed by atoms with E-state index in [0.717, 1.165) is 94.0 Å². The van der Waals surface area contributed by atoms with Gasteiger partial charge in [0.15, 0.2) is 5.82 Å². The topological polar surface area (TPSA) is 56.7 Å². The van der Waals surface area contributed by atoms with Gasteiger partial charge in [-0.05, 0) is 52.6 Å². The molecule has 12 aromatic rings. The minimum absolute atomic E-state index is 0.638. The second-order valence-electron chi connectivity index (χ2n) is 14.7. The van der Waals surface area contributed by atoms with Gasteiger partial charge in [0.05, 0.1) is 33.5 Å². The SMILES string of the molecule is c1ccc(-c2cc(-c3ccc(-c4nc5oc6ccccc6c5c5ccccc45)c4ccccc34)nc(-c3cccc(-n4c5ccccc5c5ccccc54)c3)n2)cc1. The summed E-state index contributed by atoms with van der Waals surface area (Å²) in [5.41, 5.74) is 11.5. The Kier molecular flexibility index (Phi) is 7.16. The first-order valence-electron chi connectivity index (χ1n) is 19.5. The highest BCUT2D eigenvalue weighted by atomic mass is 16.3. The molecule has 0 aliphatic heterocycles. The molecule has 4 aromatic heterocycles. The van der Waals surface area contributed by atoms with Gasteiger partial charge in [0.1, 0.15) is 5.58 Å². The van der Waals surface area contributed by atoms with Gasteiger partial charge in [-0.3, -0.25) is 0 Å². The number of furan rings is 1. The largest absolute Gasteiger partial charge is 0.438 e. The predicted octanol–water partition coefficient (Wildman–Crippen LogP) is 13.8. The summed E-state index contributed by atoms with van der Waals surface area (Å²) in [4.78, 5) is 15.8. The third-order valence-corrected chi connectivity index (χ3v) is 11.4. The smallest absolute Gasteiger partial charge is 0.228 e. The lowest BCUT2D eigenvalue weighted by molar-refractivity contribution is 0.655. The van der Waals surface area contributed by atoms with Crippen LogP contribution in [-0.4, -0.2) is 19.5 Å². The minimum atomic E-state index is 0.638. The Morgan fingerprint density at radius 2 is 0.948 bits per heavy atom. The van der Waals surface area contributed by atoms with Gasteiger partial charge in [0, 0.05) is 49.5 Å². The predicted molar refractivity (Wildman–Crippen MR) is 238 cm³/mol. The summed E-state index contributed by atoms with van der Waals surface area (Å²) >= 11 is 0. The maximum atomic E-state index is 6.38. The Labute approximate surface area is 333 Å². The number of pyridine rings is 1. The summed E-state index contributed by atoms with van der Waals surface area (Å²) in [6.07, 6.45) is 0. The average molecular weight is 741 g/mol. The van der Waals surface area contributed by atoms with Crippen LogP contribution < -0.4 is 0 Å². The normalized spacial score (nSPS) is 11.8. The van der Waals surface area contributed by atoms with Crippen LogP contribution in [0.1, 0.15) is 0 Å². The van der Waals surface area contributed by atoms with E-state index in [0.29, 0.717) is 11.5 Å². The standard InChI is InChI=1S/C53H32N4O/c1-2-15-33(16-3-1)45-32-46(55-52(54-45)34-17-14-18-35(31-34)57-47-26-11-8-21-39(47)40-22-9-12-27-48(40)57)38-29-30-43(37-20-5-4-19-36(37)38)51-42-24-7-6-23-41(42)50-44-25-10-13-28-49(44)58-53(50)56-51/h1-32H. The molecule has 0 bridgehead atoms. The first-order chi connectivity index (χ1) is 28.8. The molecule has 0 aliphatic rings. The number of fused-ring (bicyclic) bond motifs is 9. The summed E-state index contributed by atoms with van der Waals surface area (Å²) in [6, 6.07) is 67.9. The van der Waals surface area contributed by atoms with E-state index >= 15 is 0 Å². The van der Waals surface area contributed by atoms with Gasteiger partial charge >= 0.3 is 0 Å². The molecular formula is C53H32N4O. The molecule has 0 saturated carbocycles. The molecule has 0 fully saturated rings. The van der Waals surface area contributed by atoms with Gasteiger partial charge in [0.25, 0.3) is 0 Å². The lowest BCUT2D eigenvalue weighted by Crippen LogP contribution is -1.99. The van der Waals surface area contributed by atoms with E-state index in [1.807, 2.05) is 18.2 Å². The molecule has 4 heterocycles. The molecular weight excluding hydrogens is 709 g/mol. The minimum Gasteiger partial charge on any atom is -0.438 e. The second kappa shape index (κ2) is 12.8. The van der Waals surface area contributed by atoms with E-state index in [-0.39, 0.29) is 0 Å². The summed E-state index contributed by atoms with van der Waals surface area (Å²) in [7, 11) is 0. The van der Waals surface area contributed by atoms with Crippen LogP contribution in [0.15, 0.2) is 199 Å². The molecule has 12 rings (SSSR count). The molecule has 0 unspecified atom stereocenters. The molecule has 0 spiro atoms. The van der Waals surface area contributed by atoms with Gasteiger partial charge < -0.3 is 8.98 Å². The highest BCUT2D eigenvalue weighted by molar-refractivity contribution is 6.21. The molecule has 8 aromatic carbocycles. The number of hydrogen-bond acceptors (Lipinski definition) is 4. The Balaban J connectivity index is 1.06. The van der Waals surface area contributed by atoms with E-state index in [4.69, 9.17) is 19.4 Å². The van der Waals surface area contributed by atoms with E-state index in [9.17, 15) is 0 Å². The van der Waals surface area contributed by atoms with E-state index in [1.165, 1.54) is 10.8 Å². The Bertz CT molecular complexity index is 3530. The number of benzene rings is 8. The lowest BCUT2D eigenvalue weighted by atomic mass is 9.93. The highest BCUT2D eigenvalue weighted by Gasteiger charge is 2.20. The summed E-state index contributed by atoms with van der Waals surface area (Å²) in [5, 5.41) is 8.94. The fraction of sp³-hybridized carbons (Fsp3) is 0. The monoisotopic (exact) mass is 740 g/mol. The molecule has 0 saturated heterocycles. The number of aromatic nitrogens is 4. The maximum Gasteiger partial charge on any atom is 0.228 e. The fourth-order valence-electron chi connectivity index (χ4n) is 8.83. The van der Waals surface area contributed by atoms with E-state index in [1.54, 1.807) is 0 Å². The third-order valence-electron chi connectivity index (χ3n) is 11.4. The quantitative estimate of drug-likeness (QED) is 0.176. The van der Waals surface area contributed by atoms with Crippen molar-refractivity contribution in [2.75, 3.05) is 0 Å². The second-order valence-corrected chi connectivity index (χ2v) is 14.7. The highest BCUT2D eigenvalue weighted by Crippen LogP contribution is 2.42. The van der Waals surface area contributed by atoms with E-state index < -0.39 is 0 Å². The van der Waals surface area contributed by atoms with E-state index in [2.05, 4.69) is 180 Å². The van der Waals surface area contributed by atoms with Crippen molar-refractivity contribution < 1.29 is 4.42 Å². The molecule has 58 heavy (non-hydrogen) atoms. The van der Waals surface area contributed by atoms with Crippen molar-refractivity contribution in [3.05, 3.63) is 194 Å². The Hall–Kier alpha value is -7.89. The van der Waals surface area contributed by atoms with Gasteiger partial charge in [0.2, 0.25) is 5.71 Å². The maximum absolute atomic E-state index is 6.38. The van der Waals surface area contributed by atoms with Crippen molar-refractivity contribution in [3.63, 3.8) is 0 Å². The van der Waals surface area contributed by atoms with Crippen molar-refractivity contribution in [1.29, 1.82) is 0 Å².